The van der Waals surface area contributed by atoms with Crippen LogP contribution in [0, 0.1) is 5.92 Å². The number of hydrogen-bond acceptors (Lipinski definition) is 3. The van der Waals surface area contributed by atoms with Crippen LogP contribution in [0.5, 0.6) is 0 Å². The van der Waals surface area contributed by atoms with Crippen molar-refractivity contribution in [3.63, 3.8) is 0 Å². The highest BCUT2D eigenvalue weighted by molar-refractivity contribution is 4.90. The predicted molar refractivity (Wildman–Crippen MR) is 78.0 cm³/mol. The lowest BCUT2D eigenvalue weighted by Crippen LogP contribution is -2.59. The number of nitrogens with one attached hydrogen (secondary N) is 1. The zero-order chi connectivity index (χ0) is 13.6. The Morgan fingerprint density at radius 2 is 2.00 bits per heavy atom. The smallest absolute Gasteiger partial charge is 0.0645 e. The fourth-order valence-corrected chi connectivity index (χ4v) is 2.79. The number of hydrogen-bond donors (Lipinski definition) is 1. The summed E-state index contributed by atoms with van der Waals surface area (Å²) in [5.74, 6) is 0.727. The van der Waals surface area contributed by atoms with Crippen LogP contribution in [0.1, 0.15) is 47.5 Å². The maximum Gasteiger partial charge on any atom is 0.0645 e. The second kappa shape index (κ2) is 7.46. The van der Waals surface area contributed by atoms with Gasteiger partial charge < -0.3 is 10.1 Å². The molecule has 1 saturated heterocycles. The van der Waals surface area contributed by atoms with E-state index in [2.05, 4.69) is 44.8 Å². The fourth-order valence-electron chi connectivity index (χ4n) is 2.79. The maximum atomic E-state index is 5.62. The summed E-state index contributed by atoms with van der Waals surface area (Å²) < 4.78 is 5.62. The molecule has 18 heavy (non-hydrogen) atoms. The summed E-state index contributed by atoms with van der Waals surface area (Å²) in [6.07, 6.45) is 2.52. The van der Waals surface area contributed by atoms with E-state index in [0.717, 1.165) is 38.8 Å². The lowest BCUT2D eigenvalue weighted by atomic mass is 9.97. The van der Waals surface area contributed by atoms with Gasteiger partial charge in [-0.1, -0.05) is 27.2 Å². The second-order valence-corrected chi connectivity index (χ2v) is 6.55. The van der Waals surface area contributed by atoms with E-state index in [1.165, 1.54) is 12.8 Å². The summed E-state index contributed by atoms with van der Waals surface area (Å²) in [5, 5.41) is 3.62. The topological polar surface area (TPSA) is 24.5 Å². The van der Waals surface area contributed by atoms with Crippen molar-refractivity contribution in [2.24, 2.45) is 5.92 Å². The van der Waals surface area contributed by atoms with Crippen LogP contribution in [0.15, 0.2) is 0 Å². The van der Waals surface area contributed by atoms with E-state index in [4.69, 9.17) is 4.74 Å². The van der Waals surface area contributed by atoms with Crippen LogP contribution < -0.4 is 5.32 Å². The molecule has 3 nitrogen and oxygen atoms in total. The lowest BCUT2D eigenvalue weighted by Gasteiger charge is -2.47. The van der Waals surface area contributed by atoms with E-state index < -0.39 is 0 Å². The van der Waals surface area contributed by atoms with Crippen molar-refractivity contribution >= 4 is 0 Å². The zero-order valence-corrected chi connectivity index (χ0v) is 13.0. The Balaban J connectivity index is 2.53. The number of ether oxygens (including phenoxy) is 1. The predicted octanol–water partition coefficient (Wildman–Crippen LogP) is 2.51. The molecule has 0 bridgehead atoms. The maximum absolute atomic E-state index is 5.62. The Labute approximate surface area is 113 Å². The van der Waals surface area contributed by atoms with Gasteiger partial charge >= 0.3 is 0 Å². The van der Waals surface area contributed by atoms with Crippen LogP contribution in [-0.4, -0.2) is 49.3 Å². The first-order valence-corrected chi connectivity index (χ1v) is 7.52. The van der Waals surface area contributed by atoms with Gasteiger partial charge in [-0.25, -0.2) is 0 Å². The molecular formula is C15H32N2O. The van der Waals surface area contributed by atoms with Gasteiger partial charge in [-0.15, -0.1) is 0 Å². The van der Waals surface area contributed by atoms with Crippen molar-refractivity contribution in [2.45, 2.75) is 59.0 Å². The standard InChI is InChI=1S/C15H32N2O/c1-6-7-14(11-16-10-13(2)3)17-8-9-18-12-15(17,4)5/h13-14,16H,6-12H2,1-5H3. The summed E-state index contributed by atoms with van der Waals surface area (Å²) in [5.41, 5.74) is 0.178. The van der Waals surface area contributed by atoms with Gasteiger partial charge in [0.2, 0.25) is 0 Å². The van der Waals surface area contributed by atoms with Crippen molar-refractivity contribution in [3.05, 3.63) is 0 Å². The first-order valence-electron chi connectivity index (χ1n) is 7.52. The molecule has 1 aliphatic rings. The molecule has 0 aromatic carbocycles. The second-order valence-electron chi connectivity index (χ2n) is 6.55. The molecular weight excluding hydrogens is 224 g/mol. The molecule has 108 valence electrons. The average molecular weight is 256 g/mol. The van der Waals surface area contributed by atoms with Crippen LogP contribution in [-0.2, 0) is 4.74 Å². The molecule has 1 atom stereocenters. The largest absolute Gasteiger partial charge is 0.378 e. The summed E-state index contributed by atoms with van der Waals surface area (Å²) >= 11 is 0. The van der Waals surface area contributed by atoms with E-state index in [1.807, 2.05) is 0 Å². The highest BCUT2D eigenvalue weighted by Gasteiger charge is 2.34. The molecule has 1 heterocycles. The summed E-state index contributed by atoms with van der Waals surface area (Å²) in [6.45, 7) is 16.4. The van der Waals surface area contributed by atoms with E-state index in [0.29, 0.717) is 6.04 Å². The third kappa shape index (κ3) is 4.87. The van der Waals surface area contributed by atoms with Gasteiger partial charge in [0.25, 0.3) is 0 Å². The van der Waals surface area contributed by atoms with E-state index >= 15 is 0 Å². The normalized spacial score (nSPS) is 22.3. The third-order valence-corrected chi connectivity index (χ3v) is 3.70. The molecule has 0 spiro atoms. The van der Waals surface area contributed by atoms with Crippen LogP contribution in [0.2, 0.25) is 0 Å². The molecule has 1 aliphatic heterocycles. The number of morpholine rings is 1. The van der Waals surface area contributed by atoms with Crippen molar-refractivity contribution in [3.8, 4) is 0 Å². The average Bonchev–Trinajstić information content (AvgIpc) is 2.27. The molecule has 1 unspecified atom stereocenters. The SMILES string of the molecule is CCCC(CNCC(C)C)N1CCOCC1(C)C. The molecule has 0 aliphatic carbocycles. The summed E-state index contributed by atoms with van der Waals surface area (Å²) in [6, 6.07) is 0.646. The van der Waals surface area contributed by atoms with Crippen LogP contribution in [0.25, 0.3) is 0 Å². The van der Waals surface area contributed by atoms with Crippen molar-refractivity contribution in [2.75, 3.05) is 32.8 Å². The van der Waals surface area contributed by atoms with Gasteiger partial charge in [0.1, 0.15) is 0 Å². The quantitative estimate of drug-likeness (QED) is 0.757. The van der Waals surface area contributed by atoms with Gasteiger partial charge in [0.05, 0.1) is 13.2 Å². The fraction of sp³-hybridized carbons (Fsp3) is 1.00. The van der Waals surface area contributed by atoms with E-state index in [-0.39, 0.29) is 5.54 Å². The van der Waals surface area contributed by atoms with Crippen LogP contribution in [0.4, 0.5) is 0 Å². The minimum absolute atomic E-state index is 0.178. The van der Waals surface area contributed by atoms with Crippen LogP contribution in [0.3, 0.4) is 0 Å². The van der Waals surface area contributed by atoms with Gasteiger partial charge in [0.15, 0.2) is 0 Å². The molecule has 0 aromatic rings. The highest BCUT2D eigenvalue weighted by atomic mass is 16.5. The molecule has 0 aromatic heterocycles. The summed E-state index contributed by atoms with van der Waals surface area (Å²) in [4.78, 5) is 2.65. The Kier molecular flexibility index (Phi) is 6.61. The molecule has 1 fully saturated rings. The molecule has 1 N–H and O–H groups in total. The Morgan fingerprint density at radius 1 is 1.28 bits per heavy atom. The van der Waals surface area contributed by atoms with E-state index in [1.54, 1.807) is 0 Å². The third-order valence-electron chi connectivity index (χ3n) is 3.70. The van der Waals surface area contributed by atoms with Gasteiger partial charge in [-0.2, -0.15) is 0 Å². The lowest BCUT2D eigenvalue weighted by molar-refractivity contribution is -0.0730. The molecule has 1 rings (SSSR count). The van der Waals surface area contributed by atoms with E-state index in [9.17, 15) is 0 Å². The van der Waals surface area contributed by atoms with Crippen molar-refractivity contribution in [1.29, 1.82) is 0 Å². The van der Waals surface area contributed by atoms with Gasteiger partial charge in [-0.05, 0) is 32.7 Å². The molecule has 3 heteroatoms. The minimum atomic E-state index is 0.178. The van der Waals surface area contributed by atoms with Crippen LogP contribution >= 0.6 is 0 Å². The Morgan fingerprint density at radius 3 is 2.56 bits per heavy atom. The number of rotatable bonds is 7. The first-order chi connectivity index (χ1) is 8.47. The van der Waals surface area contributed by atoms with Gasteiger partial charge in [0, 0.05) is 24.7 Å². The Bertz CT molecular complexity index is 229. The monoisotopic (exact) mass is 256 g/mol. The van der Waals surface area contributed by atoms with Crippen molar-refractivity contribution < 1.29 is 4.74 Å². The van der Waals surface area contributed by atoms with Crippen molar-refractivity contribution in [1.82, 2.24) is 10.2 Å². The van der Waals surface area contributed by atoms with Gasteiger partial charge in [-0.3, -0.25) is 4.90 Å². The molecule has 0 radical (unpaired) electrons. The first kappa shape index (κ1) is 15.9. The molecule has 0 amide bonds. The zero-order valence-electron chi connectivity index (χ0n) is 13.0. The number of nitrogens with zero attached hydrogens (tertiary/aromatic N) is 1. The Hall–Kier alpha value is -0.120. The molecule has 0 saturated carbocycles. The minimum Gasteiger partial charge on any atom is -0.378 e. The highest BCUT2D eigenvalue weighted by Crippen LogP contribution is 2.23. The summed E-state index contributed by atoms with van der Waals surface area (Å²) in [7, 11) is 0.